The van der Waals surface area contributed by atoms with Crippen molar-refractivity contribution in [2.75, 3.05) is 11.5 Å². The molecule has 2 aromatic rings. The first-order valence-corrected chi connectivity index (χ1v) is 10.8. The van der Waals surface area contributed by atoms with Crippen LogP contribution in [0, 0.1) is 0 Å². The molecule has 2 heterocycles. The van der Waals surface area contributed by atoms with Gasteiger partial charge in [-0.1, -0.05) is 18.0 Å². The van der Waals surface area contributed by atoms with Crippen molar-refractivity contribution in [2.24, 2.45) is 11.4 Å². The summed E-state index contributed by atoms with van der Waals surface area (Å²) in [7, 11) is -1.02. The summed E-state index contributed by atoms with van der Waals surface area (Å²) in [6.07, 6.45) is 3.85. The fourth-order valence-electron chi connectivity index (χ4n) is 3.04. The van der Waals surface area contributed by atoms with Crippen LogP contribution < -0.4 is 0 Å². The van der Waals surface area contributed by atoms with Crippen LogP contribution in [0.4, 0.5) is 5.69 Å². The van der Waals surface area contributed by atoms with E-state index in [4.69, 9.17) is 11.6 Å². The third kappa shape index (κ3) is 3.77. The molecule has 1 saturated heterocycles. The van der Waals surface area contributed by atoms with Gasteiger partial charge in [0, 0.05) is 29.7 Å². The van der Waals surface area contributed by atoms with E-state index in [1.165, 1.54) is 32.3 Å². The fraction of sp³-hybridized carbons (Fsp3) is 0.389. The first kappa shape index (κ1) is 19.6. The zero-order valence-electron chi connectivity index (χ0n) is 15.1. The van der Waals surface area contributed by atoms with Crippen molar-refractivity contribution in [1.82, 2.24) is 9.78 Å². The summed E-state index contributed by atoms with van der Waals surface area (Å²) in [5.74, 6) is -0.221. The number of nitrogens with zero attached hydrogens (tertiary/aromatic N) is 3. The van der Waals surface area contributed by atoms with Gasteiger partial charge in [-0.2, -0.15) is 9.46 Å². The van der Waals surface area contributed by atoms with E-state index in [0.717, 1.165) is 23.9 Å². The lowest BCUT2D eigenvalue weighted by Gasteiger charge is -2.17. The second-order valence-electron chi connectivity index (χ2n) is 6.55. The highest BCUT2D eigenvalue weighted by Gasteiger charge is 2.25. The Morgan fingerprint density at radius 1 is 1.19 bits per heavy atom. The predicted molar refractivity (Wildman–Crippen MR) is 104 cm³/mol. The monoisotopic (exact) mass is 409 g/mol. The van der Waals surface area contributed by atoms with E-state index in [9.17, 15) is 18.9 Å². The standard InChI is InChI=1S/C18H20ClN3O4S/c1-11(23)12-6-7-13(17(24)14-10-20-22(2)18(14)25)15(19)16(12)21-27(26)8-4-3-5-9-27/h6-7,10,25H,3-5,8-9H2,1-2H3. The normalized spacial score (nSPS) is 16.1. The number of ketones is 2. The van der Waals surface area contributed by atoms with Crippen LogP contribution in [0.1, 0.15) is 52.5 Å². The van der Waals surface area contributed by atoms with Crippen molar-refractivity contribution in [3.8, 4) is 5.88 Å². The number of Topliss-reactive ketones (excluding diaryl/α,β-unsaturated/α-hetero) is 1. The van der Waals surface area contributed by atoms with Crippen LogP contribution in [0.5, 0.6) is 5.88 Å². The molecular formula is C18H20ClN3O4S. The highest BCUT2D eigenvalue weighted by molar-refractivity contribution is 7.93. The molecule has 0 saturated carbocycles. The number of aromatic hydroxyl groups is 1. The molecule has 0 bridgehead atoms. The number of hydrogen-bond donors (Lipinski definition) is 1. The maximum Gasteiger partial charge on any atom is 0.220 e. The zero-order chi connectivity index (χ0) is 19.8. The van der Waals surface area contributed by atoms with Gasteiger partial charge in [-0.25, -0.2) is 8.89 Å². The third-order valence-corrected chi connectivity index (χ3v) is 7.33. The van der Waals surface area contributed by atoms with Crippen molar-refractivity contribution in [1.29, 1.82) is 0 Å². The average molecular weight is 410 g/mol. The van der Waals surface area contributed by atoms with Crippen LogP contribution in [0.2, 0.25) is 5.02 Å². The molecule has 3 rings (SSSR count). The van der Waals surface area contributed by atoms with E-state index in [1.54, 1.807) is 0 Å². The number of halogens is 1. The van der Waals surface area contributed by atoms with Gasteiger partial charge in [0.15, 0.2) is 5.78 Å². The van der Waals surface area contributed by atoms with E-state index in [1.807, 2.05) is 0 Å². The maximum absolute atomic E-state index is 13.0. The summed E-state index contributed by atoms with van der Waals surface area (Å²) in [5, 5.41) is 13.8. The Balaban J connectivity index is 2.17. The van der Waals surface area contributed by atoms with Crippen LogP contribution in [-0.2, 0) is 16.8 Å². The number of carbonyl (C=O) groups excluding carboxylic acids is 2. The van der Waals surface area contributed by atoms with Gasteiger partial charge >= 0.3 is 0 Å². The predicted octanol–water partition coefficient (Wildman–Crippen LogP) is 3.50. The van der Waals surface area contributed by atoms with Gasteiger partial charge in [0.05, 0.1) is 20.9 Å². The molecule has 0 radical (unpaired) electrons. The second kappa shape index (κ2) is 7.44. The number of aromatic nitrogens is 2. The van der Waals surface area contributed by atoms with Crippen LogP contribution in [0.25, 0.3) is 0 Å². The van der Waals surface area contributed by atoms with E-state index in [-0.39, 0.29) is 39.1 Å². The van der Waals surface area contributed by atoms with Crippen LogP contribution in [-0.4, -0.2) is 42.2 Å². The highest BCUT2D eigenvalue weighted by atomic mass is 35.5. The van der Waals surface area contributed by atoms with Crippen molar-refractivity contribution in [3.63, 3.8) is 0 Å². The Labute approximate surface area is 162 Å². The molecule has 144 valence electrons. The van der Waals surface area contributed by atoms with Gasteiger partial charge in [-0.15, -0.1) is 0 Å². The van der Waals surface area contributed by atoms with E-state index >= 15 is 0 Å². The summed E-state index contributed by atoms with van der Waals surface area (Å²) in [6.45, 7) is 1.37. The molecule has 1 N–H and O–H groups in total. The molecule has 1 aliphatic heterocycles. The Morgan fingerprint density at radius 2 is 1.81 bits per heavy atom. The molecule has 0 aliphatic carbocycles. The van der Waals surface area contributed by atoms with Gasteiger partial charge in [0.2, 0.25) is 11.7 Å². The quantitative estimate of drug-likeness (QED) is 0.778. The van der Waals surface area contributed by atoms with Gasteiger partial charge < -0.3 is 5.11 Å². The molecule has 1 aliphatic rings. The maximum atomic E-state index is 13.0. The molecule has 1 aromatic carbocycles. The minimum atomic E-state index is -2.52. The largest absolute Gasteiger partial charge is 0.493 e. The van der Waals surface area contributed by atoms with Crippen molar-refractivity contribution >= 4 is 38.6 Å². The molecular weight excluding hydrogens is 390 g/mol. The number of rotatable bonds is 4. The second-order valence-corrected chi connectivity index (χ2v) is 9.47. The molecule has 27 heavy (non-hydrogen) atoms. The first-order chi connectivity index (χ1) is 12.7. The topological polar surface area (TPSA) is 102 Å². The first-order valence-electron chi connectivity index (χ1n) is 8.55. The molecule has 1 fully saturated rings. The summed E-state index contributed by atoms with van der Waals surface area (Å²) >= 11 is 6.44. The Morgan fingerprint density at radius 3 is 2.37 bits per heavy atom. The summed E-state index contributed by atoms with van der Waals surface area (Å²) in [6, 6.07) is 2.87. The molecule has 9 heteroatoms. The summed E-state index contributed by atoms with van der Waals surface area (Å²) < 4.78 is 18.6. The number of carbonyl (C=O) groups is 2. The number of benzene rings is 1. The average Bonchev–Trinajstić information content (AvgIpc) is 2.95. The Kier molecular flexibility index (Phi) is 5.39. The summed E-state index contributed by atoms with van der Waals surface area (Å²) in [4.78, 5) is 24.8. The molecule has 0 amide bonds. The summed E-state index contributed by atoms with van der Waals surface area (Å²) in [5.41, 5.74) is 0.371. The lowest BCUT2D eigenvalue weighted by atomic mass is 10.0. The van der Waals surface area contributed by atoms with Crippen LogP contribution in [0.3, 0.4) is 0 Å². The van der Waals surface area contributed by atoms with Crippen molar-refractivity contribution < 1.29 is 18.9 Å². The van der Waals surface area contributed by atoms with Crippen LogP contribution in [0.15, 0.2) is 22.7 Å². The molecule has 0 unspecified atom stereocenters. The van der Waals surface area contributed by atoms with E-state index in [0.29, 0.717) is 11.5 Å². The van der Waals surface area contributed by atoms with Gasteiger partial charge in [-0.05, 0) is 31.9 Å². The Bertz CT molecular complexity index is 1040. The van der Waals surface area contributed by atoms with Gasteiger partial charge in [-0.3, -0.25) is 9.59 Å². The third-order valence-electron chi connectivity index (χ3n) is 4.58. The molecule has 0 atom stereocenters. The van der Waals surface area contributed by atoms with Crippen molar-refractivity contribution in [3.05, 3.63) is 40.0 Å². The SMILES string of the molecule is CC(=O)c1ccc(C(=O)c2cnn(C)c2O)c(Cl)c1N=S1(=O)CCCCC1. The number of hydrogen-bond acceptors (Lipinski definition) is 6. The molecule has 0 spiro atoms. The molecule has 7 nitrogen and oxygen atoms in total. The Hall–Kier alpha value is -2.19. The number of aryl methyl sites for hydroxylation is 1. The minimum absolute atomic E-state index is 0.0113. The minimum Gasteiger partial charge on any atom is -0.493 e. The van der Waals surface area contributed by atoms with Crippen LogP contribution >= 0.6 is 11.6 Å². The fourth-order valence-corrected chi connectivity index (χ4v) is 5.60. The highest BCUT2D eigenvalue weighted by Crippen LogP contribution is 2.36. The van der Waals surface area contributed by atoms with Crippen molar-refractivity contribution in [2.45, 2.75) is 26.2 Å². The lowest BCUT2D eigenvalue weighted by molar-refractivity contribution is 0.101. The zero-order valence-corrected chi connectivity index (χ0v) is 16.6. The van der Waals surface area contributed by atoms with E-state index < -0.39 is 15.5 Å². The lowest BCUT2D eigenvalue weighted by Crippen LogP contribution is -2.16. The van der Waals surface area contributed by atoms with Gasteiger partial charge in [0.25, 0.3) is 0 Å². The van der Waals surface area contributed by atoms with E-state index in [2.05, 4.69) is 9.46 Å². The smallest absolute Gasteiger partial charge is 0.220 e. The molecule has 1 aromatic heterocycles. The van der Waals surface area contributed by atoms with Gasteiger partial charge in [0.1, 0.15) is 11.3 Å².